The van der Waals surface area contributed by atoms with Crippen molar-refractivity contribution >= 4 is 17.2 Å². The van der Waals surface area contributed by atoms with Gasteiger partial charge in [-0.25, -0.2) is 0 Å². The summed E-state index contributed by atoms with van der Waals surface area (Å²) in [5, 5.41) is 0.369. The average Bonchev–Trinajstić information content (AvgIpc) is 2.99. The van der Waals surface area contributed by atoms with E-state index in [9.17, 15) is 0 Å². The van der Waals surface area contributed by atoms with Crippen molar-refractivity contribution in [2.75, 3.05) is 0 Å². The van der Waals surface area contributed by atoms with Gasteiger partial charge in [-0.15, -0.1) is 9.24 Å². The van der Waals surface area contributed by atoms with Gasteiger partial charge in [-0.3, -0.25) is 0 Å². The second-order valence-electron chi connectivity index (χ2n) is 10.2. The van der Waals surface area contributed by atoms with E-state index >= 15 is 0 Å². The minimum Gasteiger partial charge on any atom is -0.129 e. The smallest absolute Gasteiger partial charge is 0.0156 e. The Morgan fingerprint density at radius 3 is 2.26 bits per heavy atom. The molecule has 2 heteroatoms. The highest BCUT2D eigenvalue weighted by atomic mass is 31.1. The molecule has 0 spiro atoms. The second kappa shape index (κ2) is 7.97. The number of aryl methyl sites for hydroxylation is 1. The van der Waals surface area contributed by atoms with Crippen molar-refractivity contribution in [3.8, 4) is 0 Å². The molecule has 0 saturated heterocycles. The molecule has 0 amide bonds. The van der Waals surface area contributed by atoms with E-state index in [1.54, 1.807) is 22.3 Å². The lowest BCUT2D eigenvalue weighted by Gasteiger charge is -2.37. The molecular formula is C25H36P2. The maximum absolute atomic E-state index is 3.25. The Hall–Kier alpha value is -0.700. The molecule has 0 N–H and O–H groups in total. The summed E-state index contributed by atoms with van der Waals surface area (Å²) in [5.74, 6) is 0. The monoisotopic (exact) mass is 398 g/mol. The first-order chi connectivity index (χ1) is 12.6. The third-order valence-corrected chi connectivity index (χ3v) is 10.6. The van der Waals surface area contributed by atoms with Gasteiger partial charge in [0, 0.05) is 11.3 Å². The van der Waals surface area contributed by atoms with Gasteiger partial charge < -0.3 is 0 Å². The van der Waals surface area contributed by atoms with Crippen LogP contribution >= 0.6 is 17.2 Å². The molecule has 0 bridgehead atoms. The number of rotatable bonds is 4. The van der Waals surface area contributed by atoms with E-state index in [1.165, 1.54) is 19.0 Å². The summed E-state index contributed by atoms with van der Waals surface area (Å²) in [5.41, 5.74) is 7.78. The number of benzene rings is 2. The largest absolute Gasteiger partial charge is 0.129 e. The highest BCUT2D eigenvalue weighted by molar-refractivity contribution is 7.59. The van der Waals surface area contributed by atoms with Crippen LogP contribution in [0.25, 0.3) is 0 Å². The summed E-state index contributed by atoms with van der Waals surface area (Å²) in [6.45, 7) is 14.4. The Morgan fingerprint density at radius 2 is 1.59 bits per heavy atom. The molecule has 4 atom stereocenters. The summed E-state index contributed by atoms with van der Waals surface area (Å²) in [6.07, 6.45) is 3.68. The molecule has 0 fully saturated rings. The van der Waals surface area contributed by atoms with Gasteiger partial charge in [-0.2, -0.15) is 0 Å². The van der Waals surface area contributed by atoms with Crippen LogP contribution in [-0.4, -0.2) is 5.16 Å². The lowest BCUT2D eigenvalue weighted by Crippen LogP contribution is -2.16. The van der Waals surface area contributed by atoms with Gasteiger partial charge in [0.25, 0.3) is 0 Å². The van der Waals surface area contributed by atoms with Crippen LogP contribution < -0.4 is 0 Å². The fraction of sp³-hybridized carbons (Fsp3) is 0.520. The summed E-state index contributed by atoms with van der Waals surface area (Å²) in [6, 6.07) is 18.4. The van der Waals surface area contributed by atoms with E-state index in [0.29, 0.717) is 21.9 Å². The van der Waals surface area contributed by atoms with Crippen LogP contribution in [-0.2, 0) is 12.6 Å². The Labute approximate surface area is 170 Å². The maximum atomic E-state index is 3.25. The predicted molar refractivity (Wildman–Crippen MR) is 126 cm³/mol. The SMILES string of the molecule is CC(C)(C)CCc1ccccc1[C@H](P)[C@@H]1c2ccccc2CP1C(C)(C)C. The van der Waals surface area contributed by atoms with Gasteiger partial charge >= 0.3 is 0 Å². The molecule has 1 heterocycles. The molecule has 0 aromatic heterocycles. The third-order valence-electron chi connectivity index (χ3n) is 5.81. The molecule has 27 heavy (non-hydrogen) atoms. The highest BCUT2D eigenvalue weighted by Gasteiger charge is 2.42. The van der Waals surface area contributed by atoms with Crippen molar-refractivity contribution in [1.82, 2.24) is 0 Å². The molecule has 2 aromatic rings. The van der Waals surface area contributed by atoms with Crippen LogP contribution in [0.2, 0.25) is 0 Å². The van der Waals surface area contributed by atoms with Crippen molar-refractivity contribution in [3.05, 3.63) is 70.8 Å². The van der Waals surface area contributed by atoms with Crippen molar-refractivity contribution in [1.29, 1.82) is 0 Å². The van der Waals surface area contributed by atoms with Crippen molar-refractivity contribution in [2.45, 2.75) is 77.0 Å². The van der Waals surface area contributed by atoms with E-state index in [0.717, 1.165) is 0 Å². The van der Waals surface area contributed by atoms with Crippen LogP contribution in [0.15, 0.2) is 48.5 Å². The fourth-order valence-corrected chi connectivity index (χ4v) is 8.68. The first kappa shape index (κ1) is 21.0. The summed E-state index contributed by atoms with van der Waals surface area (Å²) in [4.78, 5) is 0. The summed E-state index contributed by atoms with van der Waals surface area (Å²) < 4.78 is 0. The van der Waals surface area contributed by atoms with Gasteiger partial charge in [0.05, 0.1) is 0 Å². The molecule has 0 aliphatic carbocycles. The normalized spacial score (nSPS) is 21.1. The topological polar surface area (TPSA) is 0 Å². The minimum absolute atomic E-state index is 0.105. The molecule has 0 radical (unpaired) electrons. The predicted octanol–water partition coefficient (Wildman–Crippen LogP) is 8.12. The lowest BCUT2D eigenvalue weighted by molar-refractivity contribution is 0.377. The van der Waals surface area contributed by atoms with Gasteiger partial charge in [0.2, 0.25) is 0 Å². The minimum atomic E-state index is -0.105. The second-order valence-corrected chi connectivity index (χ2v) is 14.1. The Kier molecular flexibility index (Phi) is 6.20. The van der Waals surface area contributed by atoms with Crippen LogP contribution in [0, 0.1) is 5.41 Å². The van der Waals surface area contributed by atoms with Crippen LogP contribution in [0.1, 0.15) is 81.5 Å². The molecule has 1 aliphatic rings. The number of hydrogen-bond donors (Lipinski definition) is 0. The molecule has 0 saturated carbocycles. The van der Waals surface area contributed by atoms with Gasteiger partial charge in [0.15, 0.2) is 0 Å². The quantitative estimate of drug-likeness (QED) is 0.456. The molecule has 0 nitrogen and oxygen atoms in total. The molecule has 2 aromatic carbocycles. The number of hydrogen-bond acceptors (Lipinski definition) is 0. The highest BCUT2D eigenvalue weighted by Crippen LogP contribution is 2.72. The zero-order valence-corrected chi connectivity index (χ0v) is 20.0. The summed E-state index contributed by atoms with van der Waals surface area (Å²) in [7, 11) is 3.15. The van der Waals surface area contributed by atoms with E-state index in [1.807, 2.05) is 0 Å². The van der Waals surface area contributed by atoms with Crippen LogP contribution in [0.4, 0.5) is 0 Å². The van der Waals surface area contributed by atoms with E-state index in [-0.39, 0.29) is 7.92 Å². The molecule has 146 valence electrons. The van der Waals surface area contributed by atoms with Crippen LogP contribution in [0.5, 0.6) is 0 Å². The molecule has 1 aliphatic heterocycles. The Bertz CT molecular complexity index is 779. The van der Waals surface area contributed by atoms with Gasteiger partial charge in [0.1, 0.15) is 0 Å². The summed E-state index contributed by atoms with van der Waals surface area (Å²) >= 11 is 0. The van der Waals surface area contributed by atoms with Crippen molar-refractivity contribution in [3.63, 3.8) is 0 Å². The lowest BCUT2D eigenvalue weighted by atomic mass is 9.86. The average molecular weight is 399 g/mol. The van der Waals surface area contributed by atoms with Gasteiger partial charge in [-0.1, -0.05) is 98.0 Å². The Balaban J connectivity index is 1.98. The zero-order chi connectivity index (χ0) is 19.8. The zero-order valence-electron chi connectivity index (χ0n) is 17.9. The maximum Gasteiger partial charge on any atom is 0.0156 e. The molecular weight excluding hydrogens is 362 g/mol. The third kappa shape index (κ3) is 4.83. The van der Waals surface area contributed by atoms with Crippen molar-refractivity contribution in [2.24, 2.45) is 5.41 Å². The van der Waals surface area contributed by atoms with E-state index in [2.05, 4.69) is 99.3 Å². The molecule has 3 rings (SSSR count). The van der Waals surface area contributed by atoms with Gasteiger partial charge in [-0.05, 0) is 51.8 Å². The van der Waals surface area contributed by atoms with Crippen LogP contribution in [0.3, 0.4) is 0 Å². The fourth-order valence-electron chi connectivity index (χ4n) is 4.23. The van der Waals surface area contributed by atoms with Crippen molar-refractivity contribution < 1.29 is 0 Å². The standard InChI is InChI=1S/C25H36P2/c1-24(2,3)16-15-18-11-7-9-13-20(18)22(26)23-21-14-10-8-12-19(21)17-27(23)25(4,5)6/h7-14,22-23H,15-17,26H2,1-6H3/t22-,23-,27?/m0/s1. The first-order valence-corrected chi connectivity index (χ1v) is 12.5. The van der Waals surface area contributed by atoms with E-state index < -0.39 is 0 Å². The Morgan fingerprint density at radius 1 is 0.963 bits per heavy atom. The van der Waals surface area contributed by atoms with E-state index in [4.69, 9.17) is 0 Å². The molecule has 2 unspecified atom stereocenters. The first-order valence-electron chi connectivity index (χ1n) is 10.3. The number of fused-ring (bicyclic) bond motifs is 1.